The number of rotatable bonds is 6. The van der Waals surface area contributed by atoms with Gasteiger partial charge in [-0.25, -0.2) is 0 Å². The van der Waals surface area contributed by atoms with E-state index < -0.39 is 5.41 Å². The van der Waals surface area contributed by atoms with Crippen LogP contribution in [0.5, 0.6) is 0 Å². The Labute approximate surface area is 102 Å². The second kappa shape index (κ2) is 5.62. The van der Waals surface area contributed by atoms with Gasteiger partial charge in [0.1, 0.15) is 0 Å². The van der Waals surface area contributed by atoms with E-state index in [0.29, 0.717) is 17.7 Å². The van der Waals surface area contributed by atoms with Gasteiger partial charge in [0.2, 0.25) is 6.41 Å². The van der Waals surface area contributed by atoms with Crippen molar-refractivity contribution in [3.05, 3.63) is 29.8 Å². The number of hydrogen-bond acceptors (Lipinski definition) is 2. The van der Waals surface area contributed by atoms with Crippen molar-refractivity contribution in [2.75, 3.05) is 5.32 Å². The zero-order chi connectivity index (χ0) is 12.9. The Balaban J connectivity index is 3.07. The van der Waals surface area contributed by atoms with Crippen LogP contribution in [0.15, 0.2) is 24.3 Å². The van der Waals surface area contributed by atoms with Crippen molar-refractivity contribution >= 4 is 17.9 Å². The smallest absolute Gasteiger partial charge is 0.211 e. The Morgan fingerprint density at radius 2 is 2.00 bits per heavy atom. The maximum Gasteiger partial charge on any atom is 0.211 e. The molecule has 1 rings (SSSR count). The van der Waals surface area contributed by atoms with Crippen molar-refractivity contribution in [1.29, 1.82) is 0 Å². The molecule has 17 heavy (non-hydrogen) atoms. The predicted molar refractivity (Wildman–Crippen MR) is 69.1 cm³/mol. The van der Waals surface area contributed by atoms with Crippen LogP contribution < -0.4 is 5.32 Å². The summed E-state index contributed by atoms with van der Waals surface area (Å²) in [4.78, 5) is 22.9. The summed E-state index contributed by atoms with van der Waals surface area (Å²) in [6.07, 6.45) is 2.39. The Morgan fingerprint density at radius 3 is 2.59 bits per heavy atom. The maximum atomic E-state index is 12.4. The number of anilines is 1. The molecule has 0 spiro atoms. The highest BCUT2D eigenvalue weighted by atomic mass is 16.1. The van der Waals surface area contributed by atoms with Gasteiger partial charge in [0, 0.05) is 11.0 Å². The summed E-state index contributed by atoms with van der Waals surface area (Å²) in [7, 11) is 0. The zero-order valence-corrected chi connectivity index (χ0v) is 10.6. The molecule has 0 radical (unpaired) electrons. The lowest BCUT2D eigenvalue weighted by Crippen LogP contribution is -2.25. The van der Waals surface area contributed by atoms with Crippen molar-refractivity contribution in [3.8, 4) is 0 Å². The molecule has 0 unspecified atom stereocenters. The fourth-order valence-corrected chi connectivity index (χ4v) is 1.97. The Kier molecular flexibility index (Phi) is 4.44. The Morgan fingerprint density at radius 1 is 1.35 bits per heavy atom. The van der Waals surface area contributed by atoms with Crippen LogP contribution in [0, 0.1) is 5.41 Å². The predicted octanol–water partition coefficient (Wildman–Crippen LogP) is 3.26. The van der Waals surface area contributed by atoms with Gasteiger partial charge in [-0.3, -0.25) is 9.59 Å². The number of ketones is 1. The first-order valence-corrected chi connectivity index (χ1v) is 5.87. The molecule has 3 nitrogen and oxygen atoms in total. The van der Waals surface area contributed by atoms with Crippen LogP contribution in [-0.4, -0.2) is 12.2 Å². The summed E-state index contributed by atoms with van der Waals surface area (Å²) < 4.78 is 0. The third-order valence-corrected chi connectivity index (χ3v) is 2.88. The number of amides is 1. The molecule has 1 aromatic carbocycles. The van der Waals surface area contributed by atoms with E-state index in [-0.39, 0.29) is 5.78 Å². The highest BCUT2D eigenvalue weighted by Gasteiger charge is 2.28. The first-order valence-electron chi connectivity index (χ1n) is 5.87. The topological polar surface area (TPSA) is 46.2 Å². The van der Waals surface area contributed by atoms with Crippen molar-refractivity contribution in [1.82, 2.24) is 0 Å². The van der Waals surface area contributed by atoms with Crippen LogP contribution in [0.25, 0.3) is 0 Å². The normalized spacial score (nSPS) is 11.0. The van der Waals surface area contributed by atoms with Crippen molar-refractivity contribution in [2.45, 2.75) is 33.6 Å². The summed E-state index contributed by atoms with van der Waals surface area (Å²) in [5.41, 5.74) is 0.768. The van der Waals surface area contributed by atoms with Gasteiger partial charge in [-0.1, -0.05) is 39.3 Å². The van der Waals surface area contributed by atoms with Crippen molar-refractivity contribution in [2.24, 2.45) is 5.41 Å². The fraction of sp³-hybridized carbons (Fsp3) is 0.429. The highest BCUT2D eigenvalue weighted by Crippen LogP contribution is 2.30. The quantitative estimate of drug-likeness (QED) is 0.605. The number of carbonyl (C=O) groups excluding carboxylic acids is 2. The van der Waals surface area contributed by atoms with Gasteiger partial charge in [-0.05, 0) is 18.6 Å². The summed E-state index contributed by atoms with van der Waals surface area (Å²) in [6.45, 7) is 5.94. The maximum absolute atomic E-state index is 12.4. The SMILES string of the molecule is CCCC(C)(C)C(=O)c1ccccc1NC=O. The molecule has 0 heterocycles. The second-order valence-electron chi connectivity index (χ2n) is 4.77. The van der Waals surface area contributed by atoms with Gasteiger partial charge in [-0.2, -0.15) is 0 Å². The Hall–Kier alpha value is -1.64. The van der Waals surface area contributed by atoms with Crippen molar-refractivity contribution in [3.63, 3.8) is 0 Å². The third kappa shape index (κ3) is 3.16. The van der Waals surface area contributed by atoms with Gasteiger partial charge in [0.05, 0.1) is 5.69 Å². The zero-order valence-electron chi connectivity index (χ0n) is 10.6. The number of benzene rings is 1. The van der Waals surface area contributed by atoms with E-state index in [1.54, 1.807) is 18.2 Å². The lowest BCUT2D eigenvalue weighted by Gasteiger charge is -2.23. The average molecular weight is 233 g/mol. The molecule has 92 valence electrons. The van der Waals surface area contributed by atoms with Gasteiger partial charge in [0.15, 0.2) is 5.78 Å². The van der Waals surface area contributed by atoms with E-state index in [9.17, 15) is 9.59 Å². The number of hydrogen-bond donors (Lipinski definition) is 1. The summed E-state index contributed by atoms with van der Waals surface area (Å²) in [5.74, 6) is 0.0734. The van der Waals surface area contributed by atoms with Gasteiger partial charge in [0.25, 0.3) is 0 Å². The monoisotopic (exact) mass is 233 g/mol. The molecular formula is C14H19NO2. The van der Waals surface area contributed by atoms with Crippen LogP contribution in [0.3, 0.4) is 0 Å². The van der Waals surface area contributed by atoms with E-state index in [4.69, 9.17) is 0 Å². The molecule has 1 aromatic rings. The van der Waals surface area contributed by atoms with Gasteiger partial charge < -0.3 is 5.32 Å². The number of nitrogens with one attached hydrogen (secondary N) is 1. The molecule has 0 bridgehead atoms. The van der Waals surface area contributed by atoms with E-state index in [1.807, 2.05) is 19.9 Å². The van der Waals surface area contributed by atoms with Crippen LogP contribution in [-0.2, 0) is 4.79 Å². The molecule has 0 saturated carbocycles. The van der Waals surface area contributed by atoms with Crippen LogP contribution >= 0.6 is 0 Å². The molecule has 0 atom stereocenters. The van der Waals surface area contributed by atoms with E-state index in [2.05, 4.69) is 12.2 Å². The summed E-state index contributed by atoms with van der Waals surface area (Å²) >= 11 is 0. The van der Waals surface area contributed by atoms with Gasteiger partial charge in [-0.15, -0.1) is 0 Å². The number of carbonyl (C=O) groups is 2. The first kappa shape index (κ1) is 13.4. The van der Waals surface area contributed by atoms with E-state index in [0.717, 1.165) is 12.8 Å². The van der Waals surface area contributed by atoms with Crippen LogP contribution in [0.1, 0.15) is 44.0 Å². The van der Waals surface area contributed by atoms with E-state index in [1.165, 1.54) is 0 Å². The summed E-state index contributed by atoms with van der Waals surface area (Å²) in [5, 5.41) is 2.57. The molecule has 0 aromatic heterocycles. The molecule has 3 heteroatoms. The minimum Gasteiger partial charge on any atom is -0.328 e. The van der Waals surface area contributed by atoms with E-state index >= 15 is 0 Å². The average Bonchev–Trinajstić information content (AvgIpc) is 2.29. The molecular weight excluding hydrogens is 214 g/mol. The first-order chi connectivity index (χ1) is 8.03. The largest absolute Gasteiger partial charge is 0.328 e. The minimum absolute atomic E-state index is 0.0734. The summed E-state index contributed by atoms with van der Waals surface area (Å²) in [6, 6.07) is 7.11. The lowest BCUT2D eigenvalue weighted by atomic mass is 9.80. The van der Waals surface area contributed by atoms with Crippen molar-refractivity contribution < 1.29 is 9.59 Å². The van der Waals surface area contributed by atoms with Crippen LogP contribution in [0.4, 0.5) is 5.69 Å². The molecule has 0 aliphatic carbocycles. The van der Waals surface area contributed by atoms with Gasteiger partial charge >= 0.3 is 0 Å². The second-order valence-corrected chi connectivity index (χ2v) is 4.77. The molecule has 0 saturated heterocycles. The fourth-order valence-electron chi connectivity index (χ4n) is 1.97. The lowest BCUT2D eigenvalue weighted by molar-refractivity contribution is -0.105. The molecule has 1 N–H and O–H groups in total. The Bertz CT molecular complexity index is 410. The molecule has 0 fully saturated rings. The number of Topliss-reactive ketones (excluding diaryl/α,β-unsaturated/α-hetero) is 1. The third-order valence-electron chi connectivity index (χ3n) is 2.88. The van der Waals surface area contributed by atoms with Crippen LogP contribution in [0.2, 0.25) is 0 Å². The minimum atomic E-state index is -0.393. The standard InChI is InChI=1S/C14H19NO2/c1-4-9-14(2,3)13(17)11-7-5-6-8-12(11)15-10-16/h5-8,10H,4,9H2,1-3H3,(H,15,16). The molecule has 1 amide bonds. The highest BCUT2D eigenvalue weighted by molar-refractivity contribution is 6.05. The molecule has 0 aliphatic heterocycles. The molecule has 0 aliphatic rings. The number of para-hydroxylation sites is 1.